The molecule has 0 heterocycles. The lowest BCUT2D eigenvalue weighted by Gasteiger charge is -2.43. The Morgan fingerprint density at radius 1 is 0.625 bits per heavy atom. The molecule has 0 radical (unpaired) electrons. The van der Waals surface area contributed by atoms with E-state index >= 15 is 0 Å². The van der Waals surface area contributed by atoms with Gasteiger partial charge in [-0.2, -0.15) is 0 Å². The summed E-state index contributed by atoms with van der Waals surface area (Å²) < 4.78 is 0. The fourth-order valence-corrected chi connectivity index (χ4v) is 7.37. The number of anilines is 2. The van der Waals surface area contributed by atoms with Gasteiger partial charge in [0.05, 0.1) is 0 Å². The Bertz CT molecular complexity index is 1520. The van der Waals surface area contributed by atoms with Gasteiger partial charge in [-0.05, 0) is 109 Å². The van der Waals surface area contributed by atoms with Crippen molar-refractivity contribution in [2.45, 2.75) is 91.0 Å². The maximum atomic E-state index is 2.66. The molecule has 0 bridgehead atoms. The van der Waals surface area contributed by atoms with Crippen LogP contribution in [-0.2, 0) is 5.41 Å². The summed E-state index contributed by atoms with van der Waals surface area (Å²) >= 11 is 0. The third-order valence-electron chi connectivity index (χ3n) is 9.65. The highest BCUT2D eigenvalue weighted by Gasteiger charge is 2.39. The molecule has 2 aliphatic carbocycles. The predicted octanol–water partition coefficient (Wildman–Crippen LogP) is 11.3. The van der Waals surface area contributed by atoms with E-state index in [1.807, 2.05) is 0 Å². The average molecular weight is 528 g/mol. The van der Waals surface area contributed by atoms with Gasteiger partial charge in [-0.1, -0.05) is 100 Å². The molecule has 206 valence electrons. The molecule has 0 unspecified atom stereocenters. The van der Waals surface area contributed by atoms with Crippen LogP contribution in [0, 0.1) is 5.41 Å². The minimum atomic E-state index is -0.114. The van der Waals surface area contributed by atoms with Crippen molar-refractivity contribution in [1.29, 1.82) is 0 Å². The molecule has 4 aromatic carbocycles. The van der Waals surface area contributed by atoms with Crippen molar-refractivity contribution in [3.8, 4) is 22.3 Å². The summed E-state index contributed by atoms with van der Waals surface area (Å²) in [7, 11) is 0. The zero-order valence-corrected chi connectivity index (χ0v) is 25.5. The van der Waals surface area contributed by atoms with Gasteiger partial charge in [0.1, 0.15) is 0 Å². The second kappa shape index (κ2) is 9.65. The molecule has 0 amide bonds. The van der Waals surface area contributed by atoms with Crippen LogP contribution in [-0.4, -0.2) is 5.54 Å². The number of hydrogen-bond donors (Lipinski definition) is 0. The van der Waals surface area contributed by atoms with E-state index in [1.54, 1.807) is 0 Å². The van der Waals surface area contributed by atoms with Crippen LogP contribution in [0.15, 0.2) is 91.0 Å². The van der Waals surface area contributed by atoms with E-state index in [0.717, 1.165) is 0 Å². The number of para-hydroxylation sites is 1. The Morgan fingerprint density at radius 2 is 1.23 bits per heavy atom. The van der Waals surface area contributed by atoms with Crippen molar-refractivity contribution < 1.29 is 0 Å². The molecule has 0 aliphatic heterocycles. The molecule has 0 aromatic heterocycles. The minimum Gasteiger partial charge on any atom is -0.335 e. The monoisotopic (exact) mass is 527 g/mol. The molecular formula is C39H45N. The van der Waals surface area contributed by atoms with Crippen LogP contribution in [0.25, 0.3) is 22.3 Å². The van der Waals surface area contributed by atoms with Gasteiger partial charge in [0.2, 0.25) is 0 Å². The summed E-state index contributed by atoms with van der Waals surface area (Å²) in [6.07, 6.45) is 5.07. The molecule has 0 spiro atoms. The zero-order chi connectivity index (χ0) is 28.3. The predicted molar refractivity (Wildman–Crippen MR) is 173 cm³/mol. The number of fused-ring (bicyclic) bond motifs is 3. The highest BCUT2D eigenvalue weighted by atomic mass is 15.2. The maximum Gasteiger partial charge on any atom is 0.0495 e. The van der Waals surface area contributed by atoms with Crippen LogP contribution in [0.5, 0.6) is 0 Å². The van der Waals surface area contributed by atoms with Crippen molar-refractivity contribution in [1.82, 2.24) is 0 Å². The third-order valence-corrected chi connectivity index (χ3v) is 9.65. The quantitative estimate of drug-likeness (QED) is 0.255. The largest absolute Gasteiger partial charge is 0.335 e. The Morgan fingerprint density at radius 3 is 1.90 bits per heavy atom. The molecule has 1 fully saturated rings. The first-order valence-corrected chi connectivity index (χ1v) is 15.2. The summed E-state index contributed by atoms with van der Waals surface area (Å²) in [5, 5.41) is 0. The van der Waals surface area contributed by atoms with E-state index < -0.39 is 0 Å². The highest BCUT2D eigenvalue weighted by Crippen LogP contribution is 2.55. The normalized spacial score (nSPS) is 17.8. The molecule has 1 heteroatoms. The van der Waals surface area contributed by atoms with Gasteiger partial charge in [-0.25, -0.2) is 0 Å². The summed E-state index contributed by atoms with van der Waals surface area (Å²) in [6, 6.07) is 34.2. The third kappa shape index (κ3) is 4.58. The molecule has 1 nitrogen and oxygen atoms in total. The van der Waals surface area contributed by atoms with Crippen LogP contribution in [0.2, 0.25) is 0 Å². The second-order valence-electron chi connectivity index (χ2n) is 14.5. The van der Waals surface area contributed by atoms with E-state index in [0.29, 0.717) is 11.3 Å². The number of nitrogens with zero attached hydrogens (tertiary/aromatic N) is 1. The van der Waals surface area contributed by atoms with Crippen LogP contribution >= 0.6 is 0 Å². The van der Waals surface area contributed by atoms with Crippen molar-refractivity contribution in [2.75, 3.05) is 4.90 Å². The van der Waals surface area contributed by atoms with Crippen LogP contribution < -0.4 is 4.90 Å². The fourth-order valence-electron chi connectivity index (χ4n) is 7.37. The molecule has 4 aromatic rings. The van der Waals surface area contributed by atoms with Crippen molar-refractivity contribution in [2.24, 2.45) is 5.41 Å². The van der Waals surface area contributed by atoms with Gasteiger partial charge in [0, 0.05) is 27.9 Å². The maximum absolute atomic E-state index is 2.66. The van der Waals surface area contributed by atoms with Gasteiger partial charge in [0.15, 0.2) is 0 Å². The molecule has 40 heavy (non-hydrogen) atoms. The standard InChI is InChI=1S/C39H45N/c1-37(2,3)40(35-20-14-12-17-29(35)27-15-9-8-10-16-27)36-26-34-32(30-18-11-13-19-33(30)39(34,6)7)25-31(36)28-21-23-38(4,5)24-22-28/h8-20,25-26,28H,21-24H2,1-7H3. The first-order chi connectivity index (χ1) is 19.0. The lowest BCUT2D eigenvalue weighted by Crippen LogP contribution is -2.39. The first-order valence-electron chi connectivity index (χ1n) is 15.2. The van der Waals surface area contributed by atoms with E-state index in [-0.39, 0.29) is 11.0 Å². The molecule has 0 N–H and O–H groups in total. The SMILES string of the molecule is CC1(C)CCC(c2cc3c(cc2N(c2ccccc2-c2ccccc2)C(C)(C)C)C(C)(C)c2ccccc2-3)CC1. The number of benzene rings is 4. The second-order valence-corrected chi connectivity index (χ2v) is 14.5. The van der Waals surface area contributed by atoms with Crippen molar-refractivity contribution in [3.05, 3.63) is 108 Å². The first kappa shape index (κ1) is 26.9. The Labute approximate surface area is 242 Å². The summed E-state index contributed by atoms with van der Waals surface area (Å²) in [5.74, 6) is 0.568. The molecular weight excluding hydrogens is 482 g/mol. The van der Waals surface area contributed by atoms with Crippen LogP contribution in [0.3, 0.4) is 0 Å². The zero-order valence-electron chi connectivity index (χ0n) is 25.5. The summed E-state index contributed by atoms with van der Waals surface area (Å²) in [6.45, 7) is 16.8. The smallest absolute Gasteiger partial charge is 0.0495 e. The molecule has 0 atom stereocenters. The molecule has 6 rings (SSSR count). The fraction of sp³-hybridized carbons (Fsp3) is 0.385. The summed E-state index contributed by atoms with van der Waals surface area (Å²) in [5.41, 5.74) is 12.8. The van der Waals surface area contributed by atoms with Gasteiger partial charge >= 0.3 is 0 Å². The van der Waals surface area contributed by atoms with E-state index in [2.05, 4.69) is 144 Å². The van der Waals surface area contributed by atoms with Gasteiger partial charge in [-0.15, -0.1) is 0 Å². The topological polar surface area (TPSA) is 3.24 Å². The van der Waals surface area contributed by atoms with Crippen LogP contribution in [0.1, 0.15) is 96.8 Å². The lowest BCUT2D eigenvalue weighted by atomic mass is 9.70. The van der Waals surface area contributed by atoms with Crippen molar-refractivity contribution in [3.63, 3.8) is 0 Å². The molecule has 2 aliphatic rings. The lowest BCUT2D eigenvalue weighted by molar-refractivity contribution is 0.224. The Kier molecular flexibility index (Phi) is 6.49. The van der Waals surface area contributed by atoms with Crippen LogP contribution in [0.4, 0.5) is 11.4 Å². The van der Waals surface area contributed by atoms with E-state index in [9.17, 15) is 0 Å². The number of rotatable bonds is 4. The van der Waals surface area contributed by atoms with E-state index in [1.165, 1.54) is 76.0 Å². The average Bonchev–Trinajstić information content (AvgIpc) is 3.15. The van der Waals surface area contributed by atoms with Gasteiger partial charge < -0.3 is 4.90 Å². The molecule has 0 saturated heterocycles. The van der Waals surface area contributed by atoms with Crippen molar-refractivity contribution >= 4 is 11.4 Å². The van der Waals surface area contributed by atoms with E-state index in [4.69, 9.17) is 0 Å². The number of hydrogen-bond acceptors (Lipinski definition) is 1. The highest BCUT2D eigenvalue weighted by molar-refractivity contribution is 5.88. The minimum absolute atomic E-state index is 0.0315. The Hall–Kier alpha value is -3.32. The molecule has 1 saturated carbocycles. The summed E-state index contributed by atoms with van der Waals surface area (Å²) in [4.78, 5) is 2.66. The van der Waals surface area contributed by atoms with Gasteiger partial charge in [0.25, 0.3) is 0 Å². The van der Waals surface area contributed by atoms with Gasteiger partial charge in [-0.3, -0.25) is 0 Å². The Balaban J connectivity index is 1.61.